The van der Waals surface area contributed by atoms with Crippen molar-refractivity contribution in [3.8, 4) is 0 Å². The summed E-state index contributed by atoms with van der Waals surface area (Å²) in [6.45, 7) is 6.14. The average Bonchev–Trinajstić information content (AvgIpc) is 3.09. The van der Waals surface area contributed by atoms with Crippen molar-refractivity contribution < 1.29 is 14.6 Å². The van der Waals surface area contributed by atoms with Gasteiger partial charge in [-0.25, -0.2) is 0 Å². The molecule has 2 aliphatic rings. The van der Waals surface area contributed by atoms with Gasteiger partial charge in [0, 0.05) is 61.9 Å². The summed E-state index contributed by atoms with van der Waals surface area (Å²) < 4.78 is 5.42. The second-order valence-electron chi connectivity index (χ2n) is 7.54. The Kier molecular flexibility index (Phi) is 5.54. The predicted molar refractivity (Wildman–Crippen MR) is 105 cm³/mol. The molecule has 1 aromatic carbocycles. The average molecular weight is 382 g/mol. The first kappa shape index (κ1) is 18.8. The third-order valence-electron chi connectivity index (χ3n) is 5.58. The monoisotopic (exact) mass is 382 g/mol. The number of ether oxygens (including phenoxy) is 1. The number of β-amino-alcohol motifs (C(OH)–C–C–N with tert-alkyl or cyclic N) is 1. The number of carbonyl (C=O) groups is 1. The number of nitrogens with zero attached hydrogens (tertiary/aromatic N) is 4. The molecule has 7 nitrogen and oxygen atoms in total. The molecule has 0 aliphatic carbocycles. The van der Waals surface area contributed by atoms with Crippen molar-refractivity contribution in [1.82, 2.24) is 14.9 Å². The lowest BCUT2D eigenvalue weighted by molar-refractivity contribution is 0.0764. The Balaban J connectivity index is 1.43. The number of benzene rings is 1. The number of aliphatic hydroxyl groups excluding tert-OH is 1. The van der Waals surface area contributed by atoms with Crippen molar-refractivity contribution in [3.05, 3.63) is 53.6 Å². The highest BCUT2D eigenvalue weighted by Gasteiger charge is 2.34. The summed E-state index contributed by atoms with van der Waals surface area (Å²) in [6.07, 6.45) is 5.07. The number of hydrogen-bond donors (Lipinski definition) is 1. The van der Waals surface area contributed by atoms with E-state index in [0.717, 1.165) is 43.2 Å². The minimum absolute atomic E-state index is 0.0191. The molecule has 1 amide bonds. The van der Waals surface area contributed by atoms with Crippen molar-refractivity contribution in [2.45, 2.75) is 19.4 Å². The van der Waals surface area contributed by atoms with Crippen LogP contribution >= 0.6 is 0 Å². The normalized spacial score (nSPS) is 22.5. The molecule has 2 aliphatic heterocycles. The second kappa shape index (κ2) is 8.24. The first-order chi connectivity index (χ1) is 13.6. The lowest BCUT2D eigenvalue weighted by atomic mass is 10.0. The maximum Gasteiger partial charge on any atom is 0.253 e. The molecule has 148 valence electrons. The lowest BCUT2D eigenvalue weighted by Crippen LogP contribution is -2.36. The molecule has 0 radical (unpaired) electrons. The van der Waals surface area contributed by atoms with E-state index in [2.05, 4.69) is 14.9 Å². The molecule has 0 saturated carbocycles. The Morgan fingerprint density at radius 2 is 2.07 bits per heavy atom. The van der Waals surface area contributed by atoms with Crippen LogP contribution in [-0.2, 0) is 11.2 Å². The zero-order valence-electron chi connectivity index (χ0n) is 16.1. The van der Waals surface area contributed by atoms with Gasteiger partial charge in [-0.15, -0.1) is 0 Å². The fourth-order valence-corrected chi connectivity index (χ4v) is 4.05. The molecule has 0 unspecified atom stereocenters. The molecule has 1 aromatic heterocycles. The van der Waals surface area contributed by atoms with E-state index in [9.17, 15) is 9.90 Å². The summed E-state index contributed by atoms with van der Waals surface area (Å²) in [5, 5.41) is 10.4. The van der Waals surface area contributed by atoms with Crippen LogP contribution < -0.4 is 4.90 Å². The van der Waals surface area contributed by atoms with Crippen molar-refractivity contribution in [1.29, 1.82) is 0 Å². The summed E-state index contributed by atoms with van der Waals surface area (Å²) in [4.78, 5) is 25.4. The van der Waals surface area contributed by atoms with Crippen LogP contribution in [0.2, 0.25) is 0 Å². The van der Waals surface area contributed by atoms with Crippen LogP contribution in [0.25, 0.3) is 0 Å². The molecule has 2 aromatic rings. The smallest absolute Gasteiger partial charge is 0.253 e. The number of aromatic nitrogens is 2. The maximum atomic E-state index is 13.0. The van der Waals surface area contributed by atoms with Crippen LogP contribution in [0.3, 0.4) is 0 Å². The zero-order valence-corrected chi connectivity index (χ0v) is 16.1. The number of anilines is 1. The number of hydrogen-bond acceptors (Lipinski definition) is 6. The van der Waals surface area contributed by atoms with E-state index < -0.39 is 6.10 Å². The van der Waals surface area contributed by atoms with E-state index in [0.29, 0.717) is 25.1 Å². The Morgan fingerprint density at radius 1 is 1.25 bits per heavy atom. The number of carbonyl (C=O) groups excluding carboxylic acids is 1. The van der Waals surface area contributed by atoms with Gasteiger partial charge in [0.25, 0.3) is 5.91 Å². The number of likely N-dealkylation sites (tertiary alicyclic amines) is 1. The van der Waals surface area contributed by atoms with E-state index in [1.807, 2.05) is 25.1 Å². The van der Waals surface area contributed by atoms with E-state index in [-0.39, 0.29) is 11.8 Å². The fraction of sp³-hybridized carbons (Fsp3) is 0.476. The van der Waals surface area contributed by atoms with Crippen molar-refractivity contribution >= 4 is 11.6 Å². The van der Waals surface area contributed by atoms with Gasteiger partial charge in [-0.2, -0.15) is 0 Å². The van der Waals surface area contributed by atoms with Crippen LogP contribution in [-0.4, -0.2) is 71.4 Å². The minimum atomic E-state index is -0.542. The zero-order chi connectivity index (χ0) is 19.5. The van der Waals surface area contributed by atoms with Crippen molar-refractivity contribution in [2.75, 3.05) is 44.3 Å². The number of aliphatic hydroxyl groups is 1. The molecule has 1 N–H and O–H groups in total. The summed E-state index contributed by atoms with van der Waals surface area (Å²) in [7, 11) is 0. The SMILES string of the molecule is Cc1cc(C(=O)N2C[C@@H](Cc3cnccn3)[C@H](O)C2)ccc1N1CCOCC1. The second-order valence-corrected chi connectivity index (χ2v) is 7.54. The van der Waals surface area contributed by atoms with Crippen LogP contribution in [0.15, 0.2) is 36.8 Å². The molecule has 2 saturated heterocycles. The van der Waals surface area contributed by atoms with E-state index in [4.69, 9.17) is 4.74 Å². The topological polar surface area (TPSA) is 78.8 Å². The quantitative estimate of drug-likeness (QED) is 0.859. The van der Waals surface area contributed by atoms with Gasteiger partial charge in [-0.1, -0.05) is 0 Å². The Hall–Kier alpha value is -2.51. The van der Waals surface area contributed by atoms with Gasteiger partial charge < -0.3 is 19.6 Å². The standard InChI is InChI=1S/C21H26N4O3/c1-15-10-16(2-3-19(15)24-6-8-28-9-7-24)21(27)25-13-17(20(26)14-25)11-18-12-22-4-5-23-18/h2-5,10,12,17,20,26H,6-9,11,13-14H2,1H3/t17-,20-/m1/s1. The van der Waals surface area contributed by atoms with Crippen LogP contribution in [0.1, 0.15) is 21.6 Å². The molecular weight excluding hydrogens is 356 g/mol. The first-order valence-corrected chi connectivity index (χ1v) is 9.77. The van der Waals surface area contributed by atoms with Gasteiger partial charge in [0.1, 0.15) is 0 Å². The highest BCUT2D eigenvalue weighted by molar-refractivity contribution is 5.95. The Morgan fingerprint density at radius 3 is 2.79 bits per heavy atom. The summed E-state index contributed by atoms with van der Waals surface area (Å²) in [5.74, 6) is -0.0494. The van der Waals surface area contributed by atoms with Crippen molar-refractivity contribution in [2.24, 2.45) is 5.92 Å². The maximum absolute atomic E-state index is 13.0. The van der Waals surface area contributed by atoms with Crippen LogP contribution in [0.5, 0.6) is 0 Å². The largest absolute Gasteiger partial charge is 0.391 e. The summed E-state index contributed by atoms with van der Waals surface area (Å²) >= 11 is 0. The highest BCUT2D eigenvalue weighted by Crippen LogP contribution is 2.26. The number of amides is 1. The van der Waals surface area contributed by atoms with Gasteiger partial charge in [0.15, 0.2) is 0 Å². The summed E-state index contributed by atoms with van der Waals surface area (Å²) in [6, 6.07) is 5.87. The van der Waals surface area contributed by atoms with Gasteiger partial charge in [0.2, 0.25) is 0 Å². The molecule has 28 heavy (non-hydrogen) atoms. The fourth-order valence-electron chi connectivity index (χ4n) is 4.05. The van der Waals surface area contributed by atoms with Crippen LogP contribution in [0, 0.1) is 12.8 Å². The molecule has 2 fully saturated rings. The highest BCUT2D eigenvalue weighted by atomic mass is 16.5. The van der Waals surface area contributed by atoms with Crippen molar-refractivity contribution in [3.63, 3.8) is 0 Å². The number of rotatable bonds is 4. The van der Waals surface area contributed by atoms with E-state index in [1.165, 1.54) is 0 Å². The minimum Gasteiger partial charge on any atom is -0.391 e. The number of morpholine rings is 1. The third kappa shape index (κ3) is 4.00. The van der Waals surface area contributed by atoms with Crippen LogP contribution in [0.4, 0.5) is 5.69 Å². The van der Waals surface area contributed by atoms with E-state index >= 15 is 0 Å². The molecule has 0 spiro atoms. The molecule has 4 rings (SSSR count). The van der Waals surface area contributed by atoms with Gasteiger partial charge >= 0.3 is 0 Å². The molecule has 2 atom stereocenters. The summed E-state index contributed by atoms with van der Waals surface area (Å²) in [5.41, 5.74) is 3.75. The predicted octanol–water partition coefficient (Wildman–Crippen LogP) is 1.30. The Bertz CT molecular complexity index is 824. The van der Waals surface area contributed by atoms with Gasteiger partial charge in [-0.3, -0.25) is 14.8 Å². The number of aryl methyl sites for hydroxylation is 1. The third-order valence-corrected chi connectivity index (χ3v) is 5.58. The molecule has 0 bridgehead atoms. The lowest BCUT2D eigenvalue weighted by Gasteiger charge is -2.30. The first-order valence-electron chi connectivity index (χ1n) is 9.77. The van der Waals surface area contributed by atoms with E-state index in [1.54, 1.807) is 23.5 Å². The van der Waals surface area contributed by atoms with Gasteiger partial charge in [0.05, 0.1) is 25.0 Å². The Labute approximate surface area is 165 Å². The molecule has 3 heterocycles. The molecule has 7 heteroatoms. The molecular formula is C21H26N4O3. The van der Waals surface area contributed by atoms with Gasteiger partial charge in [-0.05, 0) is 37.1 Å².